The molecule has 37 heavy (non-hydrogen) atoms. The Hall–Kier alpha value is -3.61. The summed E-state index contributed by atoms with van der Waals surface area (Å²) in [7, 11) is 0. The molecule has 3 rings (SSSR count). The Balaban J connectivity index is 2.03. The number of pyridine rings is 1. The fraction of sp³-hybridized carbons (Fsp3) is 0.433. The van der Waals surface area contributed by atoms with Gasteiger partial charge in [-0.2, -0.15) is 0 Å². The molecule has 0 spiro atoms. The number of unbranched alkanes of at least 4 members (excludes halogenated alkanes) is 6. The first-order chi connectivity index (χ1) is 18.0. The van der Waals surface area contributed by atoms with Crippen molar-refractivity contribution < 1.29 is 19.1 Å². The van der Waals surface area contributed by atoms with Crippen LogP contribution in [0.5, 0.6) is 11.5 Å². The molecule has 1 heterocycles. The lowest BCUT2D eigenvalue weighted by Crippen LogP contribution is -2.25. The van der Waals surface area contributed by atoms with Crippen LogP contribution in [0.15, 0.2) is 53.3 Å². The van der Waals surface area contributed by atoms with Crippen LogP contribution < -0.4 is 20.3 Å². The van der Waals surface area contributed by atoms with Crippen LogP contribution in [0.3, 0.4) is 0 Å². The summed E-state index contributed by atoms with van der Waals surface area (Å²) < 4.78 is 13.0. The SMILES string of the molecule is CCCCCCCCn1c(=O)c(OC(C)=O)c(OCCCC)c2ccc(NC(=O)c3ccccc3)cc21. The zero-order valence-electron chi connectivity index (χ0n) is 22.2. The van der Waals surface area contributed by atoms with Crippen molar-refractivity contribution in [1.82, 2.24) is 4.57 Å². The van der Waals surface area contributed by atoms with Gasteiger partial charge in [0, 0.05) is 30.1 Å². The molecule has 0 aliphatic rings. The second-order valence-electron chi connectivity index (χ2n) is 9.23. The minimum Gasteiger partial charge on any atom is -0.489 e. The van der Waals surface area contributed by atoms with Crippen LogP contribution >= 0.6 is 0 Å². The number of nitrogens with zero attached hydrogens (tertiary/aromatic N) is 1. The first kappa shape index (κ1) is 28.0. The van der Waals surface area contributed by atoms with E-state index in [0.29, 0.717) is 35.3 Å². The first-order valence-electron chi connectivity index (χ1n) is 13.3. The summed E-state index contributed by atoms with van der Waals surface area (Å²) in [5.74, 6) is -0.623. The summed E-state index contributed by atoms with van der Waals surface area (Å²) in [6.07, 6.45) is 8.18. The van der Waals surface area contributed by atoms with Crippen molar-refractivity contribution in [2.45, 2.75) is 78.7 Å². The number of aryl methyl sites for hydroxylation is 1. The van der Waals surface area contributed by atoms with Crippen molar-refractivity contribution in [3.05, 3.63) is 64.4 Å². The van der Waals surface area contributed by atoms with E-state index in [2.05, 4.69) is 19.2 Å². The van der Waals surface area contributed by atoms with Crippen LogP contribution in [0.4, 0.5) is 5.69 Å². The van der Waals surface area contributed by atoms with Crippen molar-refractivity contribution in [2.24, 2.45) is 0 Å². The maximum atomic E-state index is 13.6. The molecule has 0 saturated heterocycles. The highest BCUT2D eigenvalue weighted by atomic mass is 16.6. The van der Waals surface area contributed by atoms with E-state index in [1.165, 1.54) is 26.2 Å². The number of hydrogen-bond acceptors (Lipinski definition) is 5. The topological polar surface area (TPSA) is 86.6 Å². The maximum absolute atomic E-state index is 13.6. The van der Waals surface area contributed by atoms with Gasteiger partial charge in [-0.1, -0.05) is 70.6 Å². The number of carbonyl (C=O) groups is 2. The fourth-order valence-corrected chi connectivity index (χ4v) is 4.24. The van der Waals surface area contributed by atoms with E-state index < -0.39 is 11.5 Å². The Morgan fingerprint density at radius 3 is 2.27 bits per heavy atom. The number of esters is 1. The summed E-state index contributed by atoms with van der Waals surface area (Å²) in [6, 6.07) is 14.3. The van der Waals surface area contributed by atoms with E-state index in [4.69, 9.17) is 9.47 Å². The molecule has 0 aliphatic carbocycles. The van der Waals surface area contributed by atoms with Crippen molar-refractivity contribution in [3.8, 4) is 11.5 Å². The van der Waals surface area contributed by atoms with E-state index in [1.807, 2.05) is 18.2 Å². The van der Waals surface area contributed by atoms with Gasteiger partial charge in [0.2, 0.25) is 5.75 Å². The van der Waals surface area contributed by atoms with Crippen LogP contribution in [0.25, 0.3) is 10.9 Å². The molecule has 3 aromatic rings. The summed E-state index contributed by atoms with van der Waals surface area (Å²) in [5.41, 5.74) is 1.33. The Kier molecular flexibility index (Phi) is 10.7. The highest BCUT2D eigenvalue weighted by molar-refractivity contribution is 6.05. The molecule has 1 N–H and O–H groups in total. The molecule has 1 aromatic heterocycles. The minimum absolute atomic E-state index is 0.0804. The Bertz CT molecular complexity index is 1250. The average Bonchev–Trinajstić information content (AvgIpc) is 2.89. The third kappa shape index (κ3) is 7.68. The number of fused-ring (bicyclic) bond motifs is 1. The van der Waals surface area contributed by atoms with E-state index in [0.717, 1.165) is 32.1 Å². The van der Waals surface area contributed by atoms with Crippen LogP contribution in [-0.2, 0) is 11.3 Å². The van der Waals surface area contributed by atoms with E-state index in [-0.39, 0.29) is 17.4 Å². The van der Waals surface area contributed by atoms with Crippen LogP contribution in [0.2, 0.25) is 0 Å². The van der Waals surface area contributed by atoms with Gasteiger partial charge >= 0.3 is 5.97 Å². The second kappa shape index (κ2) is 14.2. The lowest BCUT2D eigenvalue weighted by Gasteiger charge is -2.19. The van der Waals surface area contributed by atoms with Crippen molar-refractivity contribution in [1.29, 1.82) is 0 Å². The van der Waals surface area contributed by atoms with Gasteiger partial charge in [0.1, 0.15) is 0 Å². The number of benzene rings is 2. The number of amides is 1. The zero-order valence-corrected chi connectivity index (χ0v) is 22.2. The number of anilines is 1. The number of hydrogen-bond donors (Lipinski definition) is 1. The van der Waals surface area contributed by atoms with Gasteiger partial charge in [-0.25, -0.2) is 0 Å². The molecule has 2 aromatic carbocycles. The normalized spacial score (nSPS) is 10.9. The Labute approximate surface area is 218 Å². The third-order valence-corrected chi connectivity index (χ3v) is 6.20. The van der Waals surface area contributed by atoms with Crippen LogP contribution in [0, 0.1) is 0 Å². The number of nitrogens with one attached hydrogen (secondary N) is 1. The summed E-state index contributed by atoms with van der Waals surface area (Å²) in [4.78, 5) is 38.3. The Morgan fingerprint density at radius 2 is 1.57 bits per heavy atom. The highest BCUT2D eigenvalue weighted by Gasteiger charge is 2.22. The third-order valence-electron chi connectivity index (χ3n) is 6.20. The van der Waals surface area contributed by atoms with Crippen LogP contribution in [0.1, 0.15) is 82.5 Å². The lowest BCUT2D eigenvalue weighted by atomic mass is 10.1. The number of aromatic nitrogens is 1. The average molecular weight is 507 g/mol. The number of ether oxygens (including phenoxy) is 2. The zero-order chi connectivity index (χ0) is 26.6. The lowest BCUT2D eigenvalue weighted by molar-refractivity contribution is -0.132. The molecule has 0 unspecified atom stereocenters. The highest BCUT2D eigenvalue weighted by Crippen LogP contribution is 2.35. The summed E-state index contributed by atoms with van der Waals surface area (Å²) >= 11 is 0. The van der Waals surface area contributed by atoms with Gasteiger partial charge in [0.05, 0.1) is 12.1 Å². The second-order valence-corrected chi connectivity index (χ2v) is 9.23. The first-order valence-corrected chi connectivity index (χ1v) is 13.3. The van der Waals surface area contributed by atoms with Gasteiger partial charge in [0.15, 0.2) is 5.75 Å². The Morgan fingerprint density at radius 1 is 0.865 bits per heavy atom. The van der Waals surface area contributed by atoms with Gasteiger partial charge in [-0.3, -0.25) is 14.4 Å². The minimum atomic E-state index is -0.574. The molecule has 0 atom stereocenters. The molecule has 198 valence electrons. The number of carbonyl (C=O) groups excluding carboxylic acids is 2. The number of rotatable bonds is 14. The standard InChI is InChI=1S/C30H38N2O5/c1-4-6-8-9-10-14-19-32-26-21-24(31-29(34)23-15-12-11-13-16-23)17-18-25(26)27(36-20-7-5-2)28(30(32)35)37-22(3)33/h11-13,15-18,21H,4-10,14,19-20H2,1-3H3,(H,31,34). The predicted octanol–water partition coefficient (Wildman–Crippen LogP) is 6.72. The van der Waals surface area contributed by atoms with Crippen LogP contribution in [-0.4, -0.2) is 23.1 Å². The molecule has 7 nitrogen and oxygen atoms in total. The van der Waals surface area contributed by atoms with Gasteiger partial charge in [-0.15, -0.1) is 0 Å². The van der Waals surface area contributed by atoms with Crippen molar-refractivity contribution in [3.63, 3.8) is 0 Å². The quantitative estimate of drug-likeness (QED) is 0.194. The van der Waals surface area contributed by atoms with E-state index in [9.17, 15) is 14.4 Å². The summed E-state index contributed by atoms with van der Waals surface area (Å²) in [5, 5.41) is 3.59. The largest absolute Gasteiger partial charge is 0.489 e. The van der Waals surface area contributed by atoms with Gasteiger partial charge in [0.25, 0.3) is 11.5 Å². The smallest absolute Gasteiger partial charge is 0.308 e. The molecular weight excluding hydrogens is 468 g/mol. The van der Waals surface area contributed by atoms with E-state index >= 15 is 0 Å². The van der Waals surface area contributed by atoms with E-state index in [1.54, 1.807) is 34.9 Å². The molecule has 0 saturated carbocycles. The monoisotopic (exact) mass is 506 g/mol. The molecule has 0 radical (unpaired) electrons. The molecule has 0 fully saturated rings. The molecule has 0 bridgehead atoms. The molecule has 1 amide bonds. The molecular formula is C30H38N2O5. The fourth-order valence-electron chi connectivity index (χ4n) is 4.24. The van der Waals surface area contributed by atoms with Crippen molar-refractivity contribution >= 4 is 28.5 Å². The molecule has 0 aliphatic heterocycles. The van der Waals surface area contributed by atoms with Crippen molar-refractivity contribution in [2.75, 3.05) is 11.9 Å². The predicted molar refractivity (Wildman–Crippen MR) is 148 cm³/mol. The van der Waals surface area contributed by atoms with Gasteiger partial charge in [-0.05, 0) is 43.2 Å². The molecule has 7 heteroatoms. The van der Waals surface area contributed by atoms with Gasteiger partial charge < -0.3 is 19.4 Å². The maximum Gasteiger partial charge on any atom is 0.308 e. The summed E-state index contributed by atoms with van der Waals surface area (Å²) in [6.45, 7) is 6.38.